The van der Waals surface area contributed by atoms with Gasteiger partial charge in [0.05, 0.1) is 16.8 Å². The fraction of sp³-hybridized carbons (Fsp3) is 0.450. The summed E-state index contributed by atoms with van der Waals surface area (Å²) in [7, 11) is 1.78. The van der Waals surface area contributed by atoms with Crippen molar-refractivity contribution in [2.45, 2.75) is 25.4 Å². The van der Waals surface area contributed by atoms with E-state index in [0.717, 1.165) is 52.9 Å². The van der Waals surface area contributed by atoms with E-state index < -0.39 is 0 Å². The molecule has 0 radical (unpaired) electrons. The fourth-order valence-electron chi connectivity index (χ4n) is 3.67. The summed E-state index contributed by atoms with van der Waals surface area (Å²) in [6.07, 6.45) is 4.22. The van der Waals surface area contributed by atoms with Gasteiger partial charge in [-0.15, -0.1) is 0 Å². The number of halogens is 1. The summed E-state index contributed by atoms with van der Waals surface area (Å²) in [5.41, 5.74) is 1.08. The fourth-order valence-corrected chi connectivity index (χ4v) is 4.27. The lowest BCUT2D eigenvalue weighted by atomic mass is 10.2. The Bertz CT molecular complexity index is 819. The van der Waals surface area contributed by atoms with Gasteiger partial charge in [-0.05, 0) is 71.7 Å². The van der Waals surface area contributed by atoms with Gasteiger partial charge in [-0.25, -0.2) is 0 Å². The van der Waals surface area contributed by atoms with Crippen LogP contribution in [0.25, 0.3) is 0 Å². The van der Waals surface area contributed by atoms with Gasteiger partial charge in [0.15, 0.2) is 17.5 Å². The maximum atomic E-state index is 5.69. The van der Waals surface area contributed by atoms with Crippen molar-refractivity contribution in [2.24, 2.45) is 4.99 Å². The highest BCUT2D eigenvalue weighted by Gasteiger charge is 2.25. The Kier molecular flexibility index (Phi) is 6.07. The molecule has 8 heteroatoms. The first kappa shape index (κ1) is 19.1. The van der Waals surface area contributed by atoms with Crippen LogP contribution in [0.4, 0.5) is 0 Å². The molecule has 0 amide bonds. The Balaban J connectivity index is 1.36. The monoisotopic (exact) mass is 448 g/mol. The molecule has 1 saturated heterocycles. The number of hydrogen-bond donors (Lipinski definition) is 2. The molecule has 1 atom stereocenters. The Morgan fingerprint density at radius 1 is 1.25 bits per heavy atom. The first-order chi connectivity index (χ1) is 13.7. The van der Waals surface area contributed by atoms with Gasteiger partial charge < -0.3 is 24.5 Å². The van der Waals surface area contributed by atoms with Gasteiger partial charge in [-0.2, -0.15) is 0 Å². The lowest BCUT2D eigenvalue weighted by Gasteiger charge is -2.26. The van der Waals surface area contributed by atoms with Crippen molar-refractivity contribution < 1.29 is 13.9 Å². The van der Waals surface area contributed by atoms with E-state index in [1.165, 1.54) is 12.8 Å². The van der Waals surface area contributed by atoms with Crippen molar-refractivity contribution in [1.82, 2.24) is 15.5 Å². The molecule has 1 fully saturated rings. The number of ether oxygens (including phenoxy) is 2. The van der Waals surface area contributed by atoms with Crippen LogP contribution in [-0.4, -0.2) is 44.3 Å². The number of guanidine groups is 1. The molecule has 3 heterocycles. The first-order valence-corrected chi connectivity index (χ1v) is 10.3. The van der Waals surface area contributed by atoms with Crippen LogP contribution in [0.5, 0.6) is 11.5 Å². The van der Waals surface area contributed by atoms with E-state index in [-0.39, 0.29) is 12.8 Å². The lowest BCUT2D eigenvalue weighted by Crippen LogP contribution is -2.42. The number of likely N-dealkylation sites (tertiary alicyclic amines) is 1. The second kappa shape index (κ2) is 8.87. The summed E-state index contributed by atoms with van der Waals surface area (Å²) in [4.78, 5) is 6.82. The topological polar surface area (TPSA) is 71.3 Å². The average Bonchev–Trinajstić information content (AvgIpc) is 3.47. The zero-order chi connectivity index (χ0) is 19.3. The van der Waals surface area contributed by atoms with Crippen LogP contribution in [-0.2, 0) is 6.54 Å². The Labute approximate surface area is 173 Å². The van der Waals surface area contributed by atoms with Crippen molar-refractivity contribution in [1.29, 1.82) is 0 Å². The minimum absolute atomic E-state index is 0.204. The van der Waals surface area contributed by atoms with Crippen LogP contribution < -0.4 is 20.1 Å². The van der Waals surface area contributed by atoms with Crippen molar-refractivity contribution >= 4 is 21.9 Å². The standard InChI is InChI=1S/C20H25BrN4O3/c1-22-20(23-11-14-9-15(21)19-18(10-14)27-13-28-19)24-12-16(17-5-4-8-26-17)25-6-2-3-7-25/h4-5,8-10,16H,2-3,6-7,11-13H2,1H3,(H2,22,23,24). The van der Waals surface area contributed by atoms with Gasteiger partial charge in [0, 0.05) is 20.1 Å². The number of benzene rings is 1. The minimum Gasteiger partial charge on any atom is -0.468 e. The van der Waals surface area contributed by atoms with E-state index in [1.54, 1.807) is 13.3 Å². The van der Waals surface area contributed by atoms with Crippen LogP contribution in [0.3, 0.4) is 0 Å². The largest absolute Gasteiger partial charge is 0.468 e. The molecular formula is C20H25BrN4O3. The van der Waals surface area contributed by atoms with Gasteiger partial charge in [0.2, 0.25) is 6.79 Å². The molecule has 2 aliphatic heterocycles. The van der Waals surface area contributed by atoms with E-state index in [4.69, 9.17) is 13.9 Å². The Hall–Kier alpha value is -2.19. The average molecular weight is 449 g/mol. The number of hydrogen-bond acceptors (Lipinski definition) is 5. The maximum Gasteiger partial charge on any atom is 0.231 e. The molecular weight excluding hydrogens is 424 g/mol. The molecule has 0 saturated carbocycles. The van der Waals surface area contributed by atoms with E-state index in [2.05, 4.69) is 36.5 Å². The van der Waals surface area contributed by atoms with Crippen LogP contribution in [0.1, 0.15) is 30.2 Å². The van der Waals surface area contributed by atoms with Crippen LogP contribution in [0.15, 0.2) is 44.4 Å². The smallest absolute Gasteiger partial charge is 0.231 e. The predicted molar refractivity (Wildman–Crippen MR) is 111 cm³/mol. The normalized spacial score (nSPS) is 17.7. The highest BCUT2D eigenvalue weighted by molar-refractivity contribution is 9.10. The van der Waals surface area contributed by atoms with Crippen molar-refractivity contribution in [3.05, 3.63) is 46.3 Å². The molecule has 28 heavy (non-hydrogen) atoms. The van der Waals surface area contributed by atoms with Crippen molar-refractivity contribution in [2.75, 3.05) is 33.5 Å². The summed E-state index contributed by atoms with van der Waals surface area (Å²) in [6, 6.07) is 8.22. The third kappa shape index (κ3) is 4.28. The Morgan fingerprint density at radius 2 is 2.11 bits per heavy atom. The van der Waals surface area contributed by atoms with Crippen LogP contribution in [0, 0.1) is 0 Å². The zero-order valence-electron chi connectivity index (χ0n) is 15.9. The van der Waals surface area contributed by atoms with Crippen LogP contribution >= 0.6 is 15.9 Å². The summed E-state index contributed by atoms with van der Waals surface area (Å²) in [6.45, 7) is 3.83. The van der Waals surface area contributed by atoms with Gasteiger partial charge >= 0.3 is 0 Å². The Morgan fingerprint density at radius 3 is 2.86 bits per heavy atom. The third-order valence-corrected chi connectivity index (χ3v) is 5.68. The second-order valence-electron chi connectivity index (χ2n) is 6.89. The number of fused-ring (bicyclic) bond motifs is 1. The molecule has 4 rings (SSSR count). The van der Waals surface area contributed by atoms with Crippen molar-refractivity contribution in [3.63, 3.8) is 0 Å². The quantitative estimate of drug-likeness (QED) is 0.521. The van der Waals surface area contributed by atoms with Crippen molar-refractivity contribution in [3.8, 4) is 11.5 Å². The number of nitrogens with zero attached hydrogens (tertiary/aromatic N) is 2. The van der Waals surface area contributed by atoms with E-state index in [1.807, 2.05) is 24.3 Å². The molecule has 1 unspecified atom stereocenters. The molecule has 2 aromatic rings. The maximum absolute atomic E-state index is 5.69. The summed E-state index contributed by atoms with van der Waals surface area (Å²) < 4.78 is 17.5. The number of aliphatic imine (C=N–C) groups is 1. The first-order valence-electron chi connectivity index (χ1n) is 9.54. The zero-order valence-corrected chi connectivity index (χ0v) is 17.5. The number of nitrogens with one attached hydrogen (secondary N) is 2. The molecule has 2 N–H and O–H groups in total. The number of furan rings is 1. The summed E-state index contributed by atoms with van der Waals surface area (Å²) in [5.74, 6) is 3.27. The van der Waals surface area contributed by atoms with Crippen LogP contribution in [0.2, 0.25) is 0 Å². The molecule has 1 aromatic carbocycles. The SMILES string of the molecule is CN=C(NCc1cc(Br)c2c(c1)OCO2)NCC(c1ccco1)N1CCCC1. The van der Waals surface area contributed by atoms with Gasteiger partial charge in [-0.3, -0.25) is 9.89 Å². The molecule has 0 spiro atoms. The molecule has 1 aromatic heterocycles. The highest BCUT2D eigenvalue weighted by Crippen LogP contribution is 2.39. The summed E-state index contributed by atoms with van der Waals surface area (Å²) >= 11 is 3.54. The van der Waals surface area contributed by atoms with Gasteiger partial charge in [0.1, 0.15) is 5.76 Å². The molecule has 0 bridgehead atoms. The van der Waals surface area contributed by atoms with Gasteiger partial charge in [-0.1, -0.05) is 0 Å². The lowest BCUT2D eigenvalue weighted by molar-refractivity contribution is 0.173. The highest BCUT2D eigenvalue weighted by atomic mass is 79.9. The molecule has 7 nitrogen and oxygen atoms in total. The number of rotatable bonds is 6. The third-order valence-electron chi connectivity index (χ3n) is 5.09. The molecule has 0 aliphatic carbocycles. The second-order valence-corrected chi connectivity index (χ2v) is 7.75. The molecule has 150 valence electrons. The van der Waals surface area contributed by atoms with Gasteiger partial charge in [0.25, 0.3) is 0 Å². The van der Waals surface area contributed by atoms with E-state index in [9.17, 15) is 0 Å². The minimum atomic E-state index is 0.204. The van der Waals surface area contributed by atoms with E-state index in [0.29, 0.717) is 6.54 Å². The predicted octanol–water partition coefficient (Wildman–Crippen LogP) is 3.27. The van der Waals surface area contributed by atoms with E-state index >= 15 is 0 Å². The molecule has 2 aliphatic rings. The summed E-state index contributed by atoms with van der Waals surface area (Å²) in [5, 5.41) is 6.81.